The number of alkyl halides is 3. The van der Waals surface area contributed by atoms with E-state index < -0.39 is 23.2 Å². The van der Waals surface area contributed by atoms with E-state index in [2.05, 4.69) is 15.5 Å². The van der Waals surface area contributed by atoms with Crippen LogP contribution in [0, 0.1) is 6.92 Å². The third kappa shape index (κ3) is 3.42. The molecule has 0 spiro atoms. The van der Waals surface area contributed by atoms with Crippen LogP contribution in [0.4, 0.5) is 13.2 Å². The molecule has 4 saturated carbocycles. The highest BCUT2D eigenvalue weighted by Crippen LogP contribution is 2.53. The highest BCUT2D eigenvalue weighted by Gasteiger charge is 2.53. The van der Waals surface area contributed by atoms with Gasteiger partial charge in [0.25, 0.3) is 5.91 Å². The zero-order valence-corrected chi connectivity index (χ0v) is 19.3. The number of carbonyl (C=O) groups is 1. The van der Waals surface area contributed by atoms with Gasteiger partial charge in [-0.1, -0.05) is 11.6 Å². The predicted octanol–water partition coefficient (Wildman–Crippen LogP) is 6.45. The van der Waals surface area contributed by atoms with Crippen LogP contribution in [0.1, 0.15) is 90.7 Å². The third-order valence-corrected chi connectivity index (χ3v) is 8.29. The average molecular weight is 494 g/mol. The largest absolute Gasteiger partial charge is 0.449 e. The third-order valence-electron chi connectivity index (χ3n) is 7.92. The Labute approximate surface area is 198 Å². The summed E-state index contributed by atoms with van der Waals surface area (Å²) in [6.45, 7) is 1.76. The van der Waals surface area contributed by atoms with Crippen molar-refractivity contribution >= 4 is 28.5 Å². The number of nitrogens with zero attached hydrogens (tertiary/aromatic N) is 2. The van der Waals surface area contributed by atoms with Crippen molar-refractivity contribution in [1.82, 2.24) is 15.5 Å². The minimum Gasteiger partial charge on any atom is -0.449 e. The van der Waals surface area contributed by atoms with E-state index in [4.69, 9.17) is 20.4 Å². The number of hydrogen-bond donors (Lipinski definition) is 1. The van der Waals surface area contributed by atoms with E-state index >= 15 is 0 Å². The van der Waals surface area contributed by atoms with E-state index in [-0.39, 0.29) is 33.1 Å². The number of furan rings is 1. The molecule has 4 aliphatic rings. The minimum atomic E-state index is -4.61. The Morgan fingerprint density at radius 2 is 1.76 bits per heavy atom. The monoisotopic (exact) mass is 493 g/mol. The van der Waals surface area contributed by atoms with Gasteiger partial charge >= 0.3 is 6.18 Å². The summed E-state index contributed by atoms with van der Waals surface area (Å²) in [6, 6.07) is 2.76. The number of aryl methyl sites for hydroxylation is 1. The van der Waals surface area contributed by atoms with Crippen LogP contribution in [0.2, 0.25) is 5.02 Å². The normalized spacial score (nSPS) is 26.9. The number of amides is 1. The van der Waals surface area contributed by atoms with Gasteiger partial charge in [-0.3, -0.25) is 4.79 Å². The first kappa shape index (κ1) is 21.9. The Morgan fingerprint density at radius 3 is 2.32 bits per heavy atom. The van der Waals surface area contributed by atoms with Crippen molar-refractivity contribution in [2.24, 2.45) is 0 Å². The van der Waals surface area contributed by atoms with Gasteiger partial charge in [0.05, 0.1) is 10.6 Å². The average Bonchev–Trinajstić information content (AvgIpc) is 3.48. The first-order chi connectivity index (χ1) is 16.1. The zero-order valence-electron chi connectivity index (χ0n) is 18.5. The second-order valence-corrected chi connectivity index (χ2v) is 10.5. The van der Waals surface area contributed by atoms with Crippen LogP contribution >= 0.6 is 11.6 Å². The molecule has 2 heterocycles. The van der Waals surface area contributed by atoms with E-state index in [1.54, 1.807) is 13.0 Å². The number of carbonyl (C=O) groups excluding carboxylic acids is 1. The highest BCUT2D eigenvalue weighted by atomic mass is 35.5. The molecule has 1 aromatic carbocycles. The van der Waals surface area contributed by atoms with E-state index in [0.29, 0.717) is 36.6 Å². The van der Waals surface area contributed by atoms with Gasteiger partial charge in [-0.2, -0.15) is 13.2 Å². The van der Waals surface area contributed by atoms with Crippen LogP contribution in [0.3, 0.4) is 0 Å². The summed E-state index contributed by atoms with van der Waals surface area (Å²) < 4.78 is 52.5. The number of hydrogen-bond acceptors (Lipinski definition) is 5. The maximum absolute atomic E-state index is 13.8. The molecule has 34 heavy (non-hydrogen) atoms. The second-order valence-electron chi connectivity index (χ2n) is 10.1. The summed E-state index contributed by atoms with van der Waals surface area (Å²) in [7, 11) is 0. The molecule has 3 aromatic rings. The van der Waals surface area contributed by atoms with Gasteiger partial charge in [0.1, 0.15) is 5.58 Å². The van der Waals surface area contributed by atoms with Crippen molar-refractivity contribution < 1.29 is 26.8 Å². The van der Waals surface area contributed by atoms with Crippen LogP contribution in [0.25, 0.3) is 11.0 Å². The summed E-state index contributed by atoms with van der Waals surface area (Å²) in [6.07, 6.45) is 1.55. The first-order valence-corrected chi connectivity index (χ1v) is 11.9. The molecule has 6 nitrogen and oxygen atoms in total. The van der Waals surface area contributed by atoms with Gasteiger partial charge in [-0.05, 0) is 75.0 Å². The lowest BCUT2D eigenvalue weighted by Crippen LogP contribution is -2.57. The smallest absolute Gasteiger partial charge is 0.420 e. The molecule has 180 valence electrons. The SMILES string of the molecule is Cc1nnc(C23CCC(NC(=O)c4oc5c(C(F)(F)F)cc(C6CC6)cc5c4Cl)(CC2)CC3)o1. The van der Waals surface area contributed by atoms with Gasteiger partial charge in [0.15, 0.2) is 0 Å². The fourth-order valence-electron chi connectivity index (χ4n) is 5.70. The number of rotatable bonds is 4. The summed E-state index contributed by atoms with van der Waals surface area (Å²) in [4.78, 5) is 13.2. The Kier molecular flexibility index (Phi) is 4.67. The molecule has 2 bridgehead atoms. The lowest BCUT2D eigenvalue weighted by atomic mass is 9.57. The Bertz CT molecular complexity index is 1280. The van der Waals surface area contributed by atoms with Crippen molar-refractivity contribution in [3.63, 3.8) is 0 Å². The van der Waals surface area contributed by atoms with Gasteiger partial charge in [0, 0.05) is 23.3 Å². The molecule has 10 heteroatoms. The fraction of sp³-hybridized carbons (Fsp3) is 0.542. The molecule has 2 aromatic heterocycles. The van der Waals surface area contributed by atoms with Crippen molar-refractivity contribution in [1.29, 1.82) is 0 Å². The molecule has 4 fully saturated rings. The lowest BCUT2D eigenvalue weighted by Gasteiger charge is -2.51. The van der Waals surface area contributed by atoms with E-state index in [1.165, 1.54) is 0 Å². The number of aromatic nitrogens is 2. The van der Waals surface area contributed by atoms with Gasteiger partial charge < -0.3 is 14.2 Å². The molecule has 0 saturated heterocycles. The Morgan fingerprint density at radius 1 is 1.09 bits per heavy atom. The van der Waals surface area contributed by atoms with Crippen molar-refractivity contribution in [3.05, 3.63) is 45.8 Å². The summed E-state index contributed by atoms with van der Waals surface area (Å²) in [5.74, 6) is 0.434. The lowest BCUT2D eigenvalue weighted by molar-refractivity contribution is -0.136. The van der Waals surface area contributed by atoms with E-state index in [9.17, 15) is 18.0 Å². The molecule has 0 unspecified atom stereocenters. The fourth-order valence-corrected chi connectivity index (χ4v) is 5.97. The molecule has 0 aliphatic heterocycles. The molecular weight excluding hydrogens is 471 g/mol. The quantitative estimate of drug-likeness (QED) is 0.452. The maximum atomic E-state index is 13.8. The van der Waals surface area contributed by atoms with Gasteiger partial charge in [0.2, 0.25) is 17.5 Å². The minimum absolute atomic E-state index is 0.0702. The van der Waals surface area contributed by atoms with E-state index in [1.807, 2.05) is 0 Å². The Hall–Kier alpha value is -2.55. The van der Waals surface area contributed by atoms with Crippen molar-refractivity contribution in [2.45, 2.75) is 81.3 Å². The summed E-state index contributed by atoms with van der Waals surface area (Å²) >= 11 is 6.44. The first-order valence-electron chi connectivity index (χ1n) is 11.6. The topological polar surface area (TPSA) is 81.2 Å². The Balaban J connectivity index is 1.28. The number of fused-ring (bicyclic) bond motifs is 4. The molecule has 0 atom stereocenters. The standard InChI is InChI=1S/C24H23ClF3N3O3/c1-12-30-31-21(33-12)22-4-7-23(8-5-22,9-6-22)29-20(32)19-17(25)15-10-14(13-2-3-13)11-16(18(15)34-19)24(26,27)28/h10-11,13H,2-9H2,1H3,(H,29,32). The predicted molar refractivity (Wildman–Crippen MR) is 117 cm³/mol. The highest BCUT2D eigenvalue weighted by molar-refractivity contribution is 6.38. The van der Waals surface area contributed by atoms with Crippen LogP contribution in [0.15, 0.2) is 21.0 Å². The molecule has 1 N–H and O–H groups in total. The van der Waals surface area contributed by atoms with E-state index in [0.717, 1.165) is 38.2 Å². The van der Waals surface area contributed by atoms with Crippen LogP contribution in [0.5, 0.6) is 0 Å². The number of halogens is 4. The second kappa shape index (κ2) is 7.23. The summed E-state index contributed by atoms with van der Waals surface area (Å²) in [5, 5.41) is 11.3. The number of benzene rings is 1. The molecule has 1 amide bonds. The zero-order chi connectivity index (χ0) is 23.9. The van der Waals surface area contributed by atoms with Crippen LogP contribution < -0.4 is 5.32 Å². The summed E-state index contributed by atoms with van der Waals surface area (Å²) in [5.41, 5.74) is -1.32. The number of nitrogens with one attached hydrogen (secondary N) is 1. The van der Waals surface area contributed by atoms with Crippen molar-refractivity contribution in [3.8, 4) is 0 Å². The van der Waals surface area contributed by atoms with Crippen LogP contribution in [-0.4, -0.2) is 21.6 Å². The van der Waals surface area contributed by atoms with Gasteiger partial charge in [-0.25, -0.2) is 0 Å². The molecule has 7 rings (SSSR count). The van der Waals surface area contributed by atoms with Gasteiger partial charge in [-0.15, -0.1) is 10.2 Å². The molecule has 0 radical (unpaired) electrons. The molecular formula is C24H23ClF3N3O3. The van der Waals surface area contributed by atoms with Crippen LogP contribution in [-0.2, 0) is 11.6 Å². The maximum Gasteiger partial charge on any atom is 0.420 e. The molecule has 4 aliphatic carbocycles. The van der Waals surface area contributed by atoms with Crippen molar-refractivity contribution in [2.75, 3.05) is 0 Å².